The van der Waals surface area contributed by atoms with E-state index in [-0.39, 0.29) is 11.9 Å². The van der Waals surface area contributed by atoms with Crippen LogP contribution in [0.3, 0.4) is 0 Å². The lowest BCUT2D eigenvalue weighted by atomic mass is 10.1. The zero-order chi connectivity index (χ0) is 16.2. The van der Waals surface area contributed by atoms with Crippen LogP contribution in [0.4, 0.5) is 4.39 Å². The molecule has 2 atom stereocenters. The molecular formula is C16H21FN4O2. The Labute approximate surface area is 134 Å². The predicted molar refractivity (Wildman–Crippen MR) is 82.3 cm³/mol. The van der Waals surface area contributed by atoms with Gasteiger partial charge in [0.25, 0.3) is 0 Å². The van der Waals surface area contributed by atoms with E-state index in [4.69, 9.17) is 4.74 Å². The van der Waals surface area contributed by atoms with Gasteiger partial charge in [0, 0.05) is 26.1 Å². The first kappa shape index (κ1) is 16.0. The molecule has 7 heteroatoms. The van der Waals surface area contributed by atoms with Gasteiger partial charge in [-0.2, -0.15) is 5.10 Å². The molecule has 1 aromatic carbocycles. The van der Waals surface area contributed by atoms with E-state index in [2.05, 4.69) is 20.1 Å². The van der Waals surface area contributed by atoms with Crippen LogP contribution in [0.5, 0.6) is 0 Å². The summed E-state index contributed by atoms with van der Waals surface area (Å²) in [7, 11) is 0. The number of aliphatic hydroxyl groups is 1. The Balaban J connectivity index is 1.60. The summed E-state index contributed by atoms with van der Waals surface area (Å²) >= 11 is 0. The number of benzene rings is 1. The van der Waals surface area contributed by atoms with Crippen LogP contribution in [0, 0.1) is 5.82 Å². The van der Waals surface area contributed by atoms with Gasteiger partial charge in [-0.25, -0.2) is 9.37 Å². The van der Waals surface area contributed by atoms with Gasteiger partial charge in [-0.15, -0.1) is 0 Å². The molecule has 0 amide bonds. The van der Waals surface area contributed by atoms with Gasteiger partial charge in [-0.3, -0.25) is 10.00 Å². The molecule has 1 aromatic heterocycles. The van der Waals surface area contributed by atoms with E-state index in [1.807, 2.05) is 6.92 Å². The number of β-amino-alcohol motifs (C(OH)–C–C–N with tert-alkyl or cyclic N) is 1. The van der Waals surface area contributed by atoms with E-state index in [0.717, 1.165) is 18.8 Å². The summed E-state index contributed by atoms with van der Waals surface area (Å²) in [5.74, 6) is 1.19. The molecule has 0 saturated carbocycles. The minimum Gasteiger partial charge on any atom is -0.387 e. The second kappa shape index (κ2) is 7.16. The summed E-state index contributed by atoms with van der Waals surface area (Å²) in [6.45, 7) is 4.41. The third-order valence-corrected chi connectivity index (χ3v) is 4.01. The highest BCUT2D eigenvalue weighted by molar-refractivity contribution is 5.18. The van der Waals surface area contributed by atoms with Crippen LogP contribution >= 0.6 is 0 Å². The standard InChI is InChI=1S/C16H21FN4O2/c1-2-15-18-16(20-19-15)14-10-21(7-8-23-14)9-13(22)11-3-5-12(17)6-4-11/h3-6,13-14,22H,2,7-10H2,1H3,(H,18,19,20)/t13-,14-/m1/s1. The number of aliphatic hydroxyl groups excluding tert-OH is 1. The number of H-pyrrole nitrogens is 1. The van der Waals surface area contributed by atoms with Crippen LogP contribution in [-0.4, -0.2) is 51.4 Å². The van der Waals surface area contributed by atoms with E-state index in [9.17, 15) is 9.50 Å². The van der Waals surface area contributed by atoms with Gasteiger partial charge < -0.3 is 9.84 Å². The number of ether oxygens (including phenoxy) is 1. The van der Waals surface area contributed by atoms with Crippen LogP contribution in [-0.2, 0) is 11.2 Å². The highest BCUT2D eigenvalue weighted by Gasteiger charge is 2.26. The molecule has 0 spiro atoms. The van der Waals surface area contributed by atoms with Crippen molar-refractivity contribution in [2.24, 2.45) is 0 Å². The molecule has 1 saturated heterocycles. The molecule has 1 fully saturated rings. The first-order valence-electron chi connectivity index (χ1n) is 7.84. The molecule has 3 rings (SSSR count). The fraction of sp³-hybridized carbons (Fsp3) is 0.500. The van der Waals surface area contributed by atoms with Crippen LogP contribution in [0.2, 0.25) is 0 Å². The zero-order valence-electron chi connectivity index (χ0n) is 13.1. The zero-order valence-corrected chi connectivity index (χ0v) is 13.1. The molecule has 23 heavy (non-hydrogen) atoms. The Kier molecular flexibility index (Phi) is 5.00. The normalized spacial score (nSPS) is 20.6. The summed E-state index contributed by atoms with van der Waals surface area (Å²) < 4.78 is 18.7. The van der Waals surface area contributed by atoms with Gasteiger partial charge >= 0.3 is 0 Å². The lowest BCUT2D eigenvalue weighted by molar-refractivity contribution is -0.0461. The van der Waals surface area contributed by atoms with Gasteiger partial charge in [0.2, 0.25) is 0 Å². The Morgan fingerprint density at radius 1 is 1.43 bits per heavy atom. The molecule has 2 N–H and O–H groups in total. The molecule has 1 aliphatic heterocycles. The van der Waals surface area contributed by atoms with Crippen molar-refractivity contribution in [2.75, 3.05) is 26.2 Å². The minimum absolute atomic E-state index is 0.194. The van der Waals surface area contributed by atoms with Gasteiger partial charge in [-0.05, 0) is 17.7 Å². The lowest BCUT2D eigenvalue weighted by Gasteiger charge is -2.32. The first-order valence-corrected chi connectivity index (χ1v) is 7.84. The molecule has 0 bridgehead atoms. The Morgan fingerprint density at radius 2 is 2.22 bits per heavy atom. The first-order chi connectivity index (χ1) is 11.2. The van der Waals surface area contributed by atoms with E-state index in [1.54, 1.807) is 12.1 Å². The summed E-state index contributed by atoms with van der Waals surface area (Å²) in [6, 6.07) is 5.95. The number of halogens is 1. The molecule has 1 aliphatic rings. The summed E-state index contributed by atoms with van der Waals surface area (Å²) in [4.78, 5) is 6.53. The molecule has 0 aliphatic carbocycles. The summed E-state index contributed by atoms with van der Waals surface area (Å²) in [5.41, 5.74) is 0.709. The van der Waals surface area contributed by atoms with Crippen molar-refractivity contribution in [1.82, 2.24) is 20.1 Å². The van der Waals surface area contributed by atoms with E-state index in [0.29, 0.717) is 31.1 Å². The number of aromatic amines is 1. The monoisotopic (exact) mass is 320 g/mol. The van der Waals surface area contributed by atoms with Crippen molar-refractivity contribution in [3.05, 3.63) is 47.3 Å². The SMILES string of the molecule is CCc1nc([C@H]2CN(C[C@@H](O)c3ccc(F)cc3)CCO2)n[nH]1. The lowest BCUT2D eigenvalue weighted by Crippen LogP contribution is -2.40. The summed E-state index contributed by atoms with van der Waals surface area (Å²) in [5, 5.41) is 17.4. The van der Waals surface area contributed by atoms with Crippen LogP contribution in [0.25, 0.3) is 0 Å². The number of rotatable bonds is 5. The van der Waals surface area contributed by atoms with Crippen molar-refractivity contribution in [3.8, 4) is 0 Å². The fourth-order valence-corrected chi connectivity index (χ4v) is 2.67. The average Bonchev–Trinajstić information content (AvgIpc) is 3.05. The van der Waals surface area contributed by atoms with Crippen LogP contribution in [0.1, 0.15) is 36.3 Å². The largest absolute Gasteiger partial charge is 0.387 e. The Bertz CT molecular complexity index is 631. The van der Waals surface area contributed by atoms with E-state index in [1.165, 1.54) is 12.1 Å². The van der Waals surface area contributed by atoms with Crippen LogP contribution < -0.4 is 0 Å². The van der Waals surface area contributed by atoms with Crippen molar-refractivity contribution >= 4 is 0 Å². The summed E-state index contributed by atoms with van der Waals surface area (Å²) in [6.07, 6.45) is -0.0550. The minimum atomic E-state index is -0.660. The van der Waals surface area contributed by atoms with Gasteiger partial charge in [0.05, 0.1) is 12.7 Å². The fourth-order valence-electron chi connectivity index (χ4n) is 2.67. The van der Waals surface area contributed by atoms with Gasteiger partial charge in [0.15, 0.2) is 5.82 Å². The van der Waals surface area contributed by atoms with E-state index < -0.39 is 6.10 Å². The maximum atomic E-state index is 13.0. The third kappa shape index (κ3) is 3.93. The van der Waals surface area contributed by atoms with E-state index >= 15 is 0 Å². The molecule has 0 unspecified atom stereocenters. The molecular weight excluding hydrogens is 299 g/mol. The Hall–Kier alpha value is -1.83. The van der Waals surface area contributed by atoms with Crippen molar-refractivity contribution in [2.45, 2.75) is 25.6 Å². The smallest absolute Gasteiger partial charge is 0.180 e. The number of nitrogens with zero attached hydrogens (tertiary/aromatic N) is 3. The maximum Gasteiger partial charge on any atom is 0.180 e. The average molecular weight is 320 g/mol. The third-order valence-electron chi connectivity index (χ3n) is 4.01. The van der Waals surface area contributed by atoms with Gasteiger partial charge in [-0.1, -0.05) is 19.1 Å². The molecule has 2 aromatic rings. The van der Waals surface area contributed by atoms with Gasteiger partial charge in [0.1, 0.15) is 17.7 Å². The maximum absolute atomic E-state index is 13.0. The van der Waals surface area contributed by atoms with Crippen molar-refractivity contribution < 1.29 is 14.2 Å². The quantitative estimate of drug-likeness (QED) is 0.875. The van der Waals surface area contributed by atoms with Crippen LogP contribution in [0.15, 0.2) is 24.3 Å². The highest BCUT2D eigenvalue weighted by atomic mass is 19.1. The molecule has 0 radical (unpaired) electrons. The van der Waals surface area contributed by atoms with Crippen molar-refractivity contribution in [1.29, 1.82) is 0 Å². The Morgan fingerprint density at radius 3 is 2.91 bits per heavy atom. The predicted octanol–water partition coefficient (Wildman–Crippen LogP) is 1.61. The molecule has 6 nitrogen and oxygen atoms in total. The second-order valence-electron chi connectivity index (χ2n) is 5.68. The highest BCUT2D eigenvalue weighted by Crippen LogP contribution is 2.22. The number of morpholine rings is 1. The molecule has 124 valence electrons. The second-order valence-corrected chi connectivity index (χ2v) is 5.68. The number of hydrogen-bond acceptors (Lipinski definition) is 5. The molecule has 2 heterocycles. The number of hydrogen-bond donors (Lipinski definition) is 2. The number of nitrogens with one attached hydrogen (secondary N) is 1. The van der Waals surface area contributed by atoms with Crippen molar-refractivity contribution in [3.63, 3.8) is 0 Å². The number of aromatic nitrogens is 3. The topological polar surface area (TPSA) is 74.3 Å². The number of aryl methyl sites for hydroxylation is 1.